The summed E-state index contributed by atoms with van der Waals surface area (Å²) >= 11 is 0. The summed E-state index contributed by atoms with van der Waals surface area (Å²) in [5.74, 6) is -0.207. The van der Waals surface area contributed by atoms with Crippen LogP contribution in [0.2, 0.25) is 0 Å². The summed E-state index contributed by atoms with van der Waals surface area (Å²) in [6, 6.07) is 1.75. The fourth-order valence-corrected chi connectivity index (χ4v) is 3.54. The number of hydrogen-bond donors (Lipinski definition) is 1. The van der Waals surface area contributed by atoms with E-state index in [1.54, 1.807) is 28.3 Å². The number of aliphatic hydroxyl groups is 1. The number of hydrogen-bond acceptors (Lipinski definition) is 6. The molecule has 1 N–H and O–H groups in total. The molecule has 0 aromatic carbocycles. The molecular formula is C17H25N5O3. The third-order valence-electron chi connectivity index (χ3n) is 4.94. The molecular weight excluding hydrogens is 322 g/mol. The van der Waals surface area contributed by atoms with Crippen molar-refractivity contribution in [3.63, 3.8) is 0 Å². The average Bonchev–Trinajstić information content (AvgIpc) is 2.68. The first-order chi connectivity index (χ1) is 12.2. The largest absolute Gasteiger partial charge is 0.396 e. The molecule has 2 fully saturated rings. The number of amides is 2. The van der Waals surface area contributed by atoms with Crippen LogP contribution in [0.4, 0.5) is 5.95 Å². The average molecular weight is 347 g/mol. The van der Waals surface area contributed by atoms with E-state index in [2.05, 4.69) is 9.97 Å². The van der Waals surface area contributed by atoms with Crippen LogP contribution in [0, 0.1) is 0 Å². The molecule has 1 aromatic heterocycles. The second-order valence-corrected chi connectivity index (χ2v) is 6.49. The standard InChI is InChI=1S/C17H25N5O3/c23-13-5-14-4-1-2-8-22(14)16(25)15(24)20-9-11-21(12-10-20)17-18-6-3-7-19-17/h3,6-7,14,23H,1-2,4-5,8-13H2. The molecule has 8 heteroatoms. The van der Waals surface area contributed by atoms with E-state index in [-0.39, 0.29) is 12.6 Å². The van der Waals surface area contributed by atoms with Crippen LogP contribution in [0.5, 0.6) is 0 Å². The molecule has 0 bridgehead atoms. The Bertz CT molecular complexity index is 587. The van der Waals surface area contributed by atoms with Gasteiger partial charge in [0.15, 0.2) is 0 Å². The zero-order valence-corrected chi connectivity index (χ0v) is 14.4. The first-order valence-electron chi connectivity index (χ1n) is 8.93. The van der Waals surface area contributed by atoms with Crippen molar-refractivity contribution in [2.75, 3.05) is 44.2 Å². The van der Waals surface area contributed by atoms with Gasteiger partial charge in [-0.2, -0.15) is 0 Å². The molecule has 1 unspecified atom stereocenters. The van der Waals surface area contributed by atoms with Crippen molar-refractivity contribution in [3.8, 4) is 0 Å². The predicted molar refractivity (Wildman–Crippen MR) is 91.9 cm³/mol. The Morgan fingerprint density at radius 3 is 2.44 bits per heavy atom. The van der Waals surface area contributed by atoms with Crippen LogP contribution in [0.1, 0.15) is 25.7 Å². The summed E-state index contributed by atoms with van der Waals surface area (Å²) in [5.41, 5.74) is 0. The summed E-state index contributed by atoms with van der Waals surface area (Å²) in [6.45, 7) is 2.85. The van der Waals surface area contributed by atoms with Crippen LogP contribution < -0.4 is 4.90 Å². The summed E-state index contributed by atoms with van der Waals surface area (Å²) in [5, 5.41) is 9.19. The molecule has 8 nitrogen and oxygen atoms in total. The number of aliphatic hydroxyl groups excluding tert-OH is 1. The fraction of sp³-hybridized carbons (Fsp3) is 0.647. The number of rotatable bonds is 3. The van der Waals surface area contributed by atoms with E-state index in [1.807, 2.05) is 4.90 Å². The zero-order valence-electron chi connectivity index (χ0n) is 14.4. The van der Waals surface area contributed by atoms with Gasteiger partial charge >= 0.3 is 11.8 Å². The monoisotopic (exact) mass is 347 g/mol. The second kappa shape index (κ2) is 8.24. The van der Waals surface area contributed by atoms with Crippen molar-refractivity contribution < 1.29 is 14.7 Å². The number of anilines is 1. The lowest BCUT2D eigenvalue weighted by molar-refractivity contribution is -0.154. The topological polar surface area (TPSA) is 89.9 Å². The quantitative estimate of drug-likeness (QED) is 0.768. The second-order valence-electron chi connectivity index (χ2n) is 6.49. The molecule has 0 radical (unpaired) electrons. The van der Waals surface area contributed by atoms with E-state index in [0.29, 0.717) is 45.1 Å². The highest BCUT2D eigenvalue weighted by Crippen LogP contribution is 2.20. The van der Waals surface area contributed by atoms with E-state index >= 15 is 0 Å². The number of carbonyl (C=O) groups is 2. The lowest BCUT2D eigenvalue weighted by atomic mass is 9.99. The third kappa shape index (κ3) is 4.07. The van der Waals surface area contributed by atoms with Gasteiger partial charge in [-0.25, -0.2) is 9.97 Å². The zero-order chi connectivity index (χ0) is 17.6. The molecule has 2 aliphatic rings. The Balaban J connectivity index is 1.57. The molecule has 2 amide bonds. The Hall–Kier alpha value is -2.22. The maximum absolute atomic E-state index is 12.6. The van der Waals surface area contributed by atoms with Crippen molar-refractivity contribution in [1.82, 2.24) is 19.8 Å². The molecule has 2 saturated heterocycles. The molecule has 3 rings (SSSR count). The minimum Gasteiger partial charge on any atom is -0.396 e. The van der Waals surface area contributed by atoms with Crippen LogP contribution in [0.15, 0.2) is 18.5 Å². The SMILES string of the molecule is O=C(C(=O)N1CCCCC1CCO)N1CCN(c2ncccn2)CC1. The van der Waals surface area contributed by atoms with Gasteiger partial charge < -0.3 is 19.8 Å². The molecule has 0 saturated carbocycles. The molecule has 1 atom stereocenters. The van der Waals surface area contributed by atoms with Crippen LogP contribution in [0.3, 0.4) is 0 Å². The maximum Gasteiger partial charge on any atom is 0.312 e. The molecule has 136 valence electrons. The van der Waals surface area contributed by atoms with Crippen molar-refractivity contribution in [3.05, 3.63) is 18.5 Å². The van der Waals surface area contributed by atoms with E-state index in [9.17, 15) is 14.7 Å². The summed E-state index contributed by atoms with van der Waals surface area (Å²) in [7, 11) is 0. The Morgan fingerprint density at radius 2 is 1.76 bits per heavy atom. The summed E-state index contributed by atoms with van der Waals surface area (Å²) in [4.78, 5) is 39.0. The predicted octanol–water partition coefficient (Wildman–Crippen LogP) is -0.111. The number of nitrogens with zero attached hydrogens (tertiary/aromatic N) is 5. The molecule has 3 heterocycles. The van der Waals surface area contributed by atoms with E-state index < -0.39 is 11.8 Å². The smallest absolute Gasteiger partial charge is 0.312 e. The first-order valence-corrected chi connectivity index (χ1v) is 8.93. The molecule has 1 aromatic rings. The van der Waals surface area contributed by atoms with Crippen molar-refractivity contribution >= 4 is 17.8 Å². The van der Waals surface area contributed by atoms with Gasteiger partial charge in [0.1, 0.15) is 0 Å². The van der Waals surface area contributed by atoms with Gasteiger partial charge in [-0.1, -0.05) is 0 Å². The Labute approximate surface area is 147 Å². The number of piperazine rings is 1. The van der Waals surface area contributed by atoms with Gasteiger partial charge in [-0.3, -0.25) is 9.59 Å². The highest BCUT2D eigenvalue weighted by Gasteiger charge is 2.34. The van der Waals surface area contributed by atoms with Crippen LogP contribution in [-0.2, 0) is 9.59 Å². The fourth-order valence-electron chi connectivity index (χ4n) is 3.54. The van der Waals surface area contributed by atoms with E-state index in [1.165, 1.54) is 0 Å². The van der Waals surface area contributed by atoms with Crippen LogP contribution in [-0.4, -0.2) is 82.1 Å². The van der Waals surface area contributed by atoms with Crippen molar-refractivity contribution in [1.29, 1.82) is 0 Å². The number of likely N-dealkylation sites (tertiary alicyclic amines) is 1. The van der Waals surface area contributed by atoms with Gasteiger partial charge in [0.2, 0.25) is 5.95 Å². The molecule has 2 aliphatic heterocycles. The normalized spacial score (nSPS) is 21.3. The number of piperidine rings is 1. The van der Waals surface area contributed by atoms with Crippen molar-refractivity contribution in [2.24, 2.45) is 0 Å². The van der Waals surface area contributed by atoms with E-state index in [4.69, 9.17) is 0 Å². The van der Waals surface area contributed by atoms with Crippen LogP contribution in [0.25, 0.3) is 0 Å². The van der Waals surface area contributed by atoms with Gasteiger partial charge in [-0.05, 0) is 31.7 Å². The van der Waals surface area contributed by atoms with Gasteiger partial charge in [0.25, 0.3) is 0 Å². The lowest BCUT2D eigenvalue weighted by Gasteiger charge is -2.38. The minimum absolute atomic E-state index is 0.0193. The molecule has 0 aliphatic carbocycles. The van der Waals surface area contributed by atoms with Crippen molar-refractivity contribution in [2.45, 2.75) is 31.7 Å². The molecule has 25 heavy (non-hydrogen) atoms. The lowest BCUT2D eigenvalue weighted by Crippen LogP contribution is -2.56. The third-order valence-corrected chi connectivity index (χ3v) is 4.94. The Kier molecular flexibility index (Phi) is 5.80. The van der Waals surface area contributed by atoms with E-state index in [0.717, 1.165) is 19.3 Å². The highest BCUT2D eigenvalue weighted by atomic mass is 16.3. The summed E-state index contributed by atoms with van der Waals surface area (Å²) < 4.78 is 0. The van der Waals surface area contributed by atoms with Gasteiger partial charge in [0, 0.05) is 57.8 Å². The first kappa shape index (κ1) is 17.6. The van der Waals surface area contributed by atoms with Crippen LogP contribution >= 0.6 is 0 Å². The highest BCUT2D eigenvalue weighted by molar-refractivity contribution is 6.35. The summed E-state index contributed by atoms with van der Waals surface area (Å²) in [6.07, 6.45) is 6.75. The van der Waals surface area contributed by atoms with Gasteiger partial charge in [-0.15, -0.1) is 0 Å². The number of aromatic nitrogens is 2. The minimum atomic E-state index is -0.432. The number of carbonyl (C=O) groups excluding carboxylic acids is 2. The van der Waals surface area contributed by atoms with Gasteiger partial charge in [0.05, 0.1) is 0 Å². The maximum atomic E-state index is 12.6. The molecule has 0 spiro atoms. The Morgan fingerprint density at radius 1 is 1.04 bits per heavy atom.